The molecule has 58 valence electrons. The molecule has 0 aliphatic carbocycles. The van der Waals surface area contributed by atoms with Crippen LogP contribution in [-0.4, -0.2) is 31.0 Å². The molecule has 0 aromatic carbocycles. The van der Waals surface area contributed by atoms with Gasteiger partial charge in [0.1, 0.15) is 0 Å². The molecule has 0 aromatic rings. The standard InChI is InChI=1S/C5H8O4S/c6-5(7)1-4-2-10(8,9)3-4/h4H,1-3H2,(H,6,7). The number of aliphatic carboxylic acids is 1. The SMILES string of the molecule is O=C(O)CC1CS(=O)(=O)C1. The number of sulfone groups is 1. The second-order valence-corrected chi connectivity index (χ2v) is 4.69. The fourth-order valence-electron chi connectivity index (χ4n) is 1.03. The third-order valence-electron chi connectivity index (χ3n) is 1.44. The Kier molecular flexibility index (Phi) is 1.68. The largest absolute Gasteiger partial charge is 0.481 e. The lowest BCUT2D eigenvalue weighted by atomic mass is 10.1. The summed E-state index contributed by atoms with van der Waals surface area (Å²) < 4.78 is 21.0. The topological polar surface area (TPSA) is 71.4 Å². The molecule has 0 unspecified atom stereocenters. The highest BCUT2D eigenvalue weighted by molar-refractivity contribution is 7.92. The van der Waals surface area contributed by atoms with Gasteiger partial charge in [-0.1, -0.05) is 0 Å². The summed E-state index contributed by atoms with van der Waals surface area (Å²) in [6.07, 6.45) is -0.0147. The van der Waals surface area contributed by atoms with Crippen molar-refractivity contribution in [3.8, 4) is 0 Å². The van der Waals surface area contributed by atoms with Crippen LogP contribution in [0.5, 0.6) is 0 Å². The summed E-state index contributed by atoms with van der Waals surface area (Å²) >= 11 is 0. The molecule has 5 heteroatoms. The fourth-order valence-corrected chi connectivity index (χ4v) is 2.61. The maximum atomic E-state index is 10.5. The van der Waals surface area contributed by atoms with Crippen LogP contribution in [0.15, 0.2) is 0 Å². The molecule has 0 amide bonds. The van der Waals surface area contributed by atoms with Crippen LogP contribution in [0.2, 0.25) is 0 Å². The van der Waals surface area contributed by atoms with Crippen molar-refractivity contribution in [1.82, 2.24) is 0 Å². The zero-order valence-electron chi connectivity index (χ0n) is 5.28. The Balaban J connectivity index is 2.34. The van der Waals surface area contributed by atoms with Gasteiger partial charge in [0, 0.05) is 0 Å². The number of carboxylic acids is 1. The predicted octanol–water partition coefficient (Wildman–Crippen LogP) is -0.494. The van der Waals surface area contributed by atoms with Gasteiger partial charge in [0.15, 0.2) is 9.84 Å². The first-order chi connectivity index (χ1) is 4.49. The van der Waals surface area contributed by atoms with Crippen molar-refractivity contribution in [2.45, 2.75) is 6.42 Å². The van der Waals surface area contributed by atoms with Crippen LogP contribution in [0, 0.1) is 5.92 Å². The Morgan fingerprint density at radius 2 is 2.00 bits per heavy atom. The first-order valence-electron chi connectivity index (χ1n) is 2.92. The van der Waals surface area contributed by atoms with E-state index in [9.17, 15) is 13.2 Å². The summed E-state index contributed by atoms with van der Waals surface area (Å²) in [5, 5.41) is 8.22. The van der Waals surface area contributed by atoms with Gasteiger partial charge in [-0.3, -0.25) is 4.79 Å². The fraction of sp³-hybridized carbons (Fsp3) is 0.800. The summed E-state index contributed by atoms with van der Waals surface area (Å²) in [6, 6.07) is 0. The molecule has 1 heterocycles. The van der Waals surface area contributed by atoms with E-state index in [4.69, 9.17) is 5.11 Å². The molecule has 4 nitrogen and oxygen atoms in total. The second-order valence-electron chi connectivity index (χ2n) is 2.54. The molecule has 1 saturated heterocycles. The van der Waals surface area contributed by atoms with Crippen LogP contribution < -0.4 is 0 Å². The van der Waals surface area contributed by atoms with E-state index in [1.165, 1.54) is 0 Å². The van der Waals surface area contributed by atoms with Gasteiger partial charge in [-0.05, 0) is 5.92 Å². The monoisotopic (exact) mass is 164 g/mol. The molecule has 0 atom stereocenters. The van der Waals surface area contributed by atoms with Gasteiger partial charge in [-0.25, -0.2) is 8.42 Å². The average Bonchev–Trinajstić information content (AvgIpc) is 1.57. The van der Waals surface area contributed by atoms with Crippen LogP contribution in [0.3, 0.4) is 0 Å². The van der Waals surface area contributed by atoms with Gasteiger partial charge in [-0.2, -0.15) is 0 Å². The molecule has 1 aliphatic heterocycles. The van der Waals surface area contributed by atoms with Crippen LogP contribution in [-0.2, 0) is 14.6 Å². The van der Waals surface area contributed by atoms with Crippen molar-refractivity contribution in [2.75, 3.05) is 11.5 Å². The normalized spacial score (nSPS) is 23.6. The van der Waals surface area contributed by atoms with E-state index in [0.29, 0.717) is 0 Å². The second kappa shape index (κ2) is 2.23. The van der Waals surface area contributed by atoms with Crippen molar-refractivity contribution < 1.29 is 18.3 Å². The summed E-state index contributed by atoms with van der Waals surface area (Å²) in [7, 11) is -2.84. The molecule has 1 aliphatic rings. The molecule has 0 spiro atoms. The Morgan fingerprint density at radius 3 is 2.30 bits per heavy atom. The van der Waals surface area contributed by atoms with Crippen LogP contribution in [0.4, 0.5) is 0 Å². The highest BCUT2D eigenvalue weighted by Gasteiger charge is 2.34. The van der Waals surface area contributed by atoms with E-state index < -0.39 is 15.8 Å². The Labute approximate surface area is 58.8 Å². The Bertz CT molecular complexity index is 228. The zero-order chi connectivity index (χ0) is 7.78. The number of rotatable bonds is 2. The average molecular weight is 164 g/mol. The molecule has 0 radical (unpaired) electrons. The minimum atomic E-state index is -2.84. The van der Waals surface area contributed by atoms with Gasteiger partial charge in [0.25, 0.3) is 0 Å². The maximum absolute atomic E-state index is 10.5. The smallest absolute Gasteiger partial charge is 0.303 e. The van der Waals surface area contributed by atoms with Crippen LogP contribution in [0.1, 0.15) is 6.42 Å². The van der Waals surface area contributed by atoms with Gasteiger partial charge in [-0.15, -0.1) is 0 Å². The maximum Gasteiger partial charge on any atom is 0.303 e. The number of carboxylic acid groups (broad SMARTS) is 1. The highest BCUT2D eigenvalue weighted by atomic mass is 32.2. The lowest BCUT2D eigenvalue weighted by Crippen LogP contribution is -2.37. The van der Waals surface area contributed by atoms with E-state index >= 15 is 0 Å². The highest BCUT2D eigenvalue weighted by Crippen LogP contribution is 2.20. The van der Waals surface area contributed by atoms with E-state index in [2.05, 4.69) is 0 Å². The van der Waals surface area contributed by atoms with Crippen molar-refractivity contribution in [3.05, 3.63) is 0 Å². The van der Waals surface area contributed by atoms with Crippen molar-refractivity contribution in [2.24, 2.45) is 5.92 Å². The van der Waals surface area contributed by atoms with E-state index in [-0.39, 0.29) is 23.8 Å². The molecule has 0 saturated carbocycles. The summed E-state index contributed by atoms with van der Waals surface area (Å²) in [4.78, 5) is 10.0. The van der Waals surface area contributed by atoms with Crippen LogP contribution >= 0.6 is 0 Å². The van der Waals surface area contributed by atoms with Gasteiger partial charge >= 0.3 is 5.97 Å². The minimum absolute atomic E-state index is 0.0147. The molecular formula is C5H8O4S. The zero-order valence-corrected chi connectivity index (χ0v) is 6.10. The molecule has 10 heavy (non-hydrogen) atoms. The molecular weight excluding hydrogens is 156 g/mol. The number of carbonyl (C=O) groups is 1. The van der Waals surface area contributed by atoms with Gasteiger partial charge < -0.3 is 5.11 Å². The molecule has 1 rings (SSSR count). The van der Waals surface area contributed by atoms with Crippen molar-refractivity contribution in [1.29, 1.82) is 0 Å². The first-order valence-corrected chi connectivity index (χ1v) is 4.74. The molecule has 1 fully saturated rings. The van der Waals surface area contributed by atoms with Gasteiger partial charge in [0.05, 0.1) is 17.9 Å². The number of hydrogen-bond acceptors (Lipinski definition) is 3. The predicted molar refractivity (Wildman–Crippen MR) is 34.4 cm³/mol. The first kappa shape index (κ1) is 7.53. The van der Waals surface area contributed by atoms with E-state index in [1.54, 1.807) is 0 Å². The molecule has 0 bridgehead atoms. The Hall–Kier alpha value is -0.580. The van der Waals surface area contributed by atoms with E-state index in [1.807, 2.05) is 0 Å². The Morgan fingerprint density at radius 1 is 1.50 bits per heavy atom. The van der Waals surface area contributed by atoms with E-state index in [0.717, 1.165) is 0 Å². The van der Waals surface area contributed by atoms with Crippen molar-refractivity contribution in [3.63, 3.8) is 0 Å². The quantitative estimate of drug-likeness (QED) is 0.597. The summed E-state index contributed by atoms with van der Waals surface area (Å²) in [5.74, 6) is -0.944. The molecule has 0 aromatic heterocycles. The lowest BCUT2D eigenvalue weighted by Gasteiger charge is -2.23. The number of hydrogen-bond donors (Lipinski definition) is 1. The minimum Gasteiger partial charge on any atom is -0.481 e. The summed E-state index contributed by atoms with van der Waals surface area (Å²) in [6.45, 7) is 0. The summed E-state index contributed by atoms with van der Waals surface area (Å²) in [5.41, 5.74) is 0. The lowest BCUT2D eigenvalue weighted by molar-refractivity contribution is -0.137. The van der Waals surface area contributed by atoms with Crippen molar-refractivity contribution >= 4 is 15.8 Å². The third kappa shape index (κ3) is 1.70. The molecule has 1 N–H and O–H groups in total. The third-order valence-corrected chi connectivity index (χ3v) is 3.40. The van der Waals surface area contributed by atoms with Crippen LogP contribution in [0.25, 0.3) is 0 Å². The van der Waals surface area contributed by atoms with Gasteiger partial charge in [0.2, 0.25) is 0 Å².